The van der Waals surface area contributed by atoms with Crippen LogP contribution in [-0.2, 0) is 9.59 Å². The maximum atomic E-state index is 11.8. The maximum Gasteiger partial charge on any atom is 0.315 e. The number of hydrogen-bond donors (Lipinski definition) is 1. The van der Waals surface area contributed by atoms with E-state index in [0.29, 0.717) is 12.5 Å². The molecule has 0 aromatic carbocycles. The number of carboxylic acids is 1. The first-order valence-corrected chi connectivity index (χ1v) is 5.48. The van der Waals surface area contributed by atoms with Crippen molar-refractivity contribution in [1.29, 1.82) is 0 Å². The highest BCUT2D eigenvalue weighted by Gasteiger charge is 2.33. The van der Waals surface area contributed by atoms with Crippen LogP contribution in [0.1, 0.15) is 33.6 Å². The van der Waals surface area contributed by atoms with Crippen LogP contribution in [-0.4, -0.2) is 34.5 Å². The second kappa shape index (κ2) is 4.64. The molecule has 0 aromatic heterocycles. The van der Waals surface area contributed by atoms with Crippen LogP contribution in [0.15, 0.2) is 0 Å². The van der Waals surface area contributed by atoms with E-state index in [-0.39, 0.29) is 11.9 Å². The predicted octanol–water partition coefficient (Wildman–Crippen LogP) is 1.35. The molecule has 1 aliphatic rings. The normalized spacial score (nSPS) is 28.6. The van der Waals surface area contributed by atoms with Crippen molar-refractivity contribution in [3.8, 4) is 0 Å². The number of likely N-dealkylation sites (tertiary alicyclic amines) is 1. The molecule has 1 aliphatic heterocycles. The first-order valence-electron chi connectivity index (χ1n) is 5.48. The average molecular weight is 213 g/mol. The van der Waals surface area contributed by atoms with Crippen molar-refractivity contribution in [2.24, 2.45) is 11.8 Å². The molecule has 3 unspecified atom stereocenters. The second-order valence-electron chi connectivity index (χ2n) is 4.45. The molecule has 0 radical (unpaired) electrons. The lowest BCUT2D eigenvalue weighted by Crippen LogP contribution is -2.49. The van der Waals surface area contributed by atoms with Crippen LogP contribution in [0.25, 0.3) is 0 Å². The van der Waals surface area contributed by atoms with Gasteiger partial charge in [-0.05, 0) is 32.6 Å². The Morgan fingerprint density at radius 3 is 2.53 bits per heavy atom. The molecule has 1 saturated heterocycles. The van der Waals surface area contributed by atoms with Crippen LogP contribution in [0.4, 0.5) is 0 Å². The van der Waals surface area contributed by atoms with Crippen LogP contribution in [0, 0.1) is 11.8 Å². The molecule has 1 heterocycles. The van der Waals surface area contributed by atoms with Gasteiger partial charge in [0.15, 0.2) is 0 Å². The van der Waals surface area contributed by atoms with Crippen LogP contribution in [0.3, 0.4) is 0 Å². The van der Waals surface area contributed by atoms with E-state index in [0.717, 1.165) is 12.8 Å². The Balaban J connectivity index is 2.70. The van der Waals surface area contributed by atoms with E-state index in [9.17, 15) is 9.59 Å². The summed E-state index contributed by atoms with van der Waals surface area (Å²) in [5.74, 6) is -1.74. The number of nitrogens with zero attached hydrogens (tertiary/aromatic N) is 1. The third kappa shape index (κ3) is 2.49. The molecule has 0 aliphatic carbocycles. The Morgan fingerprint density at radius 2 is 2.00 bits per heavy atom. The van der Waals surface area contributed by atoms with Crippen molar-refractivity contribution in [2.45, 2.75) is 39.7 Å². The zero-order valence-electron chi connectivity index (χ0n) is 9.56. The summed E-state index contributed by atoms with van der Waals surface area (Å²) in [6.07, 6.45) is 2.09. The largest absolute Gasteiger partial charge is 0.481 e. The fourth-order valence-corrected chi connectivity index (χ4v) is 2.00. The summed E-state index contributed by atoms with van der Waals surface area (Å²) in [5.41, 5.74) is 0. The molecule has 1 fully saturated rings. The fraction of sp³-hybridized carbons (Fsp3) is 0.818. The molecule has 15 heavy (non-hydrogen) atoms. The van der Waals surface area contributed by atoms with Crippen LogP contribution >= 0.6 is 0 Å². The molecule has 4 heteroatoms. The number of carbonyl (C=O) groups excluding carboxylic acids is 1. The van der Waals surface area contributed by atoms with Crippen LogP contribution in [0.2, 0.25) is 0 Å². The Labute approximate surface area is 90.3 Å². The number of amides is 1. The Bertz CT molecular complexity index is 265. The molecular weight excluding hydrogens is 194 g/mol. The maximum absolute atomic E-state index is 11.8. The molecule has 1 amide bonds. The third-order valence-corrected chi connectivity index (χ3v) is 3.40. The first kappa shape index (κ1) is 12.0. The molecule has 86 valence electrons. The minimum atomic E-state index is -1.04. The quantitative estimate of drug-likeness (QED) is 0.704. The average Bonchev–Trinajstić information content (AvgIpc) is 2.20. The summed E-state index contributed by atoms with van der Waals surface area (Å²) in [6, 6.07) is 0.160. The predicted molar refractivity (Wildman–Crippen MR) is 56.4 cm³/mol. The van der Waals surface area contributed by atoms with Gasteiger partial charge in [-0.25, -0.2) is 0 Å². The monoisotopic (exact) mass is 213 g/mol. The highest BCUT2D eigenvalue weighted by atomic mass is 16.4. The van der Waals surface area contributed by atoms with Crippen LogP contribution in [0.5, 0.6) is 0 Å². The summed E-state index contributed by atoms with van der Waals surface area (Å²) in [7, 11) is 0. The molecule has 1 rings (SSSR count). The lowest BCUT2D eigenvalue weighted by Gasteiger charge is -2.38. The zero-order valence-corrected chi connectivity index (χ0v) is 9.56. The highest BCUT2D eigenvalue weighted by Crippen LogP contribution is 2.24. The molecular formula is C11H19NO3. The van der Waals surface area contributed by atoms with Gasteiger partial charge in [0.1, 0.15) is 5.92 Å². The molecule has 3 atom stereocenters. The number of carboxylic acid groups (broad SMARTS) is 1. The SMILES string of the molecule is CC(C(=O)O)C(=O)N1CCCC(C)C1C. The third-order valence-electron chi connectivity index (χ3n) is 3.40. The van der Waals surface area contributed by atoms with E-state index >= 15 is 0 Å². The van der Waals surface area contributed by atoms with Crippen LogP contribution < -0.4 is 0 Å². The second-order valence-corrected chi connectivity index (χ2v) is 4.45. The number of rotatable bonds is 2. The van der Waals surface area contributed by atoms with Gasteiger partial charge < -0.3 is 10.0 Å². The van der Waals surface area contributed by atoms with Crippen molar-refractivity contribution >= 4 is 11.9 Å². The van der Waals surface area contributed by atoms with E-state index in [1.165, 1.54) is 6.92 Å². The lowest BCUT2D eigenvalue weighted by molar-refractivity contribution is -0.152. The fourth-order valence-electron chi connectivity index (χ4n) is 2.00. The Kier molecular flexibility index (Phi) is 3.72. The smallest absolute Gasteiger partial charge is 0.315 e. The topological polar surface area (TPSA) is 57.6 Å². The Hall–Kier alpha value is -1.06. The summed E-state index contributed by atoms with van der Waals surface area (Å²) in [6.45, 7) is 6.25. The Morgan fingerprint density at radius 1 is 1.40 bits per heavy atom. The summed E-state index contributed by atoms with van der Waals surface area (Å²) >= 11 is 0. The summed E-state index contributed by atoms with van der Waals surface area (Å²) in [5, 5.41) is 8.79. The number of hydrogen-bond acceptors (Lipinski definition) is 2. The van der Waals surface area contributed by atoms with Gasteiger partial charge in [0.25, 0.3) is 0 Å². The number of piperidine rings is 1. The van der Waals surface area contributed by atoms with Gasteiger partial charge in [-0.3, -0.25) is 9.59 Å². The lowest BCUT2D eigenvalue weighted by atomic mass is 9.91. The minimum Gasteiger partial charge on any atom is -0.481 e. The zero-order chi connectivity index (χ0) is 11.6. The number of aliphatic carboxylic acids is 1. The van der Waals surface area contributed by atoms with Crippen molar-refractivity contribution in [1.82, 2.24) is 4.90 Å². The number of carbonyl (C=O) groups is 2. The van der Waals surface area contributed by atoms with E-state index < -0.39 is 11.9 Å². The summed E-state index contributed by atoms with van der Waals surface area (Å²) in [4.78, 5) is 24.3. The van der Waals surface area contributed by atoms with Crippen molar-refractivity contribution in [2.75, 3.05) is 6.54 Å². The van der Waals surface area contributed by atoms with E-state index in [4.69, 9.17) is 5.11 Å². The van der Waals surface area contributed by atoms with Gasteiger partial charge in [-0.2, -0.15) is 0 Å². The molecule has 0 aromatic rings. The van der Waals surface area contributed by atoms with E-state index in [1.807, 2.05) is 6.92 Å². The molecule has 1 N–H and O–H groups in total. The van der Waals surface area contributed by atoms with E-state index in [1.54, 1.807) is 4.90 Å². The van der Waals surface area contributed by atoms with Gasteiger partial charge in [-0.15, -0.1) is 0 Å². The van der Waals surface area contributed by atoms with Crippen molar-refractivity contribution < 1.29 is 14.7 Å². The first-order chi connectivity index (χ1) is 6.95. The highest BCUT2D eigenvalue weighted by molar-refractivity contribution is 5.96. The van der Waals surface area contributed by atoms with Crippen molar-refractivity contribution in [3.63, 3.8) is 0 Å². The molecule has 4 nitrogen and oxygen atoms in total. The minimum absolute atomic E-state index is 0.160. The summed E-state index contributed by atoms with van der Waals surface area (Å²) < 4.78 is 0. The van der Waals surface area contributed by atoms with E-state index in [2.05, 4.69) is 6.92 Å². The van der Waals surface area contributed by atoms with Crippen molar-refractivity contribution in [3.05, 3.63) is 0 Å². The van der Waals surface area contributed by atoms with Gasteiger partial charge in [-0.1, -0.05) is 6.92 Å². The van der Waals surface area contributed by atoms with Gasteiger partial charge >= 0.3 is 5.97 Å². The van der Waals surface area contributed by atoms with Gasteiger partial charge in [0.2, 0.25) is 5.91 Å². The standard InChI is InChI=1S/C11H19NO3/c1-7-5-4-6-12(9(7)3)10(13)8(2)11(14)15/h7-9H,4-6H2,1-3H3,(H,14,15). The molecule has 0 spiro atoms. The van der Waals surface area contributed by atoms with Gasteiger partial charge in [0.05, 0.1) is 0 Å². The van der Waals surface area contributed by atoms with Gasteiger partial charge in [0, 0.05) is 12.6 Å². The molecule has 0 saturated carbocycles. The molecule has 0 bridgehead atoms.